The summed E-state index contributed by atoms with van der Waals surface area (Å²) in [6, 6.07) is 9.84. The molecule has 1 aromatic carbocycles. The average Bonchev–Trinajstić information content (AvgIpc) is 3.50. The first kappa shape index (κ1) is 23.2. The normalized spacial score (nSPS) is 12.8. The maximum atomic E-state index is 13.1. The molecule has 1 aliphatic heterocycles. The molecule has 0 spiro atoms. The summed E-state index contributed by atoms with van der Waals surface area (Å²) in [4.78, 5) is 39.2. The minimum Gasteiger partial charge on any atom is -0.332 e. The second-order valence-corrected chi connectivity index (χ2v) is 9.00. The van der Waals surface area contributed by atoms with Crippen molar-refractivity contribution in [3.63, 3.8) is 0 Å². The summed E-state index contributed by atoms with van der Waals surface area (Å²) in [5, 5.41) is 6.43. The Bertz CT molecular complexity index is 1530. The number of aryl methyl sites for hydroxylation is 1. The maximum absolute atomic E-state index is 13.1. The van der Waals surface area contributed by atoms with Crippen molar-refractivity contribution >= 4 is 33.4 Å². The number of aliphatic imine (C=N–C) groups is 1. The Kier molecular flexibility index (Phi) is 6.59. The van der Waals surface area contributed by atoms with Crippen molar-refractivity contribution in [1.82, 2.24) is 24.3 Å². The summed E-state index contributed by atoms with van der Waals surface area (Å²) in [5.74, 6) is 1.36. The van der Waals surface area contributed by atoms with Gasteiger partial charge in [-0.15, -0.1) is 0 Å². The summed E-state index contributed by atoms with van der Waals surface area (Å²) in [6.45, 7) is 2.88. The third-order valence-electron chi connectivity index (χ3n) is 6.15. The molecule has 35 heavy (non-hydrogen) atoms. The van der Waals surface area contributed by atoms with Gasteiger partial charge < -0.3 is 4.52 Å². The molecule has 0 N–H and O–H groups in total. The molecule has 0 atom stereocenters. The lowest BCUT2D eigenvalue weighted by Gasteiger charge is -2.13. The zero-order valence-corrected chi connectivity index (χ0v) is 20.2. The van der Waals surface area contributed by atoms with Gasteiger partial charge in [0.1, 0.15) is 16.7 Å². The number of unbranched alkanes of at least 4 members (excludes halogenated alkanes) is 2. The van der Waals surface area contributed by atoms with Crippen molar-refractivity contribution < 1.29 is 4.52 Å². The molecule has 0 fully saturated rings. The molecule has 0 radical (unpaired) electrons. The van der Waals surface area contributed by atoms with E-state index in [1.54, 1.807) is 10.8 Å². The number of fused-ring (bicyclic) bond motifs is 2. The molecule has 4 heterocycles. The third kappa shape index (κ3) is 4.55. The van der Waals surface area contributed by atoms with Crippen molar-refractivity contribution in [2.24, 2.45) is 4.99 Å². The lowest BCUT2D eigenvalue weighted by molar-refractivity contribution is 0.419. The molecular formula is C25H25ClN6O3. The molecule has 3 aromatic heterocycles. The van der Waals surface area contributed by atoms with Crippen LogP contribution in [0.5, 0.6) is 0 Å². The predicted octanol–water partition coefficient (Wildman–Crippen LogP) is 4.26. The van der Waals surface area contributed by atoms with Crippen LogP contribution in [-0.2, 0) is 25.9 Å². The van der Waals surface area contributed by atoms with Crippen LogP contribution < -0.4 is 11.2 Å². The van der Waals surface area contributed by atoms with E-state index in [-0.39, 0.29) is 17.7 Å². The highest BCUT2D eigenvalue weighted by Gasteiger charge is 2.24. The molecule has 0 amide bonds. The van der Waals surface area contributed by atoms with E-state index in [0.717, 1.165) is 23.6 Å². The van der Waals surface area contributed by atoms with E-state index >= 15 is 0 Å². The van der Waals surface area contributed by atoms with Gasteiger partial charge in [0, 0.05) is 37.5 Å². The molecule has 9 nitrogen and oxygen atoms in total. The van der Waals surface area contributed by atoms with Gasteiger partial charge in [-0.05, 0) is 30.7 Å². The molecule has 0 saturated heterocycles. The van der Waals surface area contributed by atoms with E-state index in [1.807, 2.05) is 30.3 Å². The van der Waals surface area contributed by atoms with Crippen LogP contribution in [0.2, 0.25) is 0 Å². The van der Waals surface area contributed by atoms with E-state index in [9.17, 15) is 9.59 Å². The van der Waals surface area contributed by atoms with Gasteiger partial charge in [0.25, 0.3) is 11.4 Å². The van der Waals surface area contributed by atoms with Crippen LogP contribution in [0.4, 0.5) is 5.82 Å². The fourth-order valence-electron chi connectivity index (χ4n) is 4.34. The Hall–Kier alpha value is -3.59. The van der Waals surface area contributed by atoms with Crippen molar-refractivity contribution in [2.75, 3.05) is 0 Å². The summed E-state index contributed by atoms with van der Waals surface area (Å²) >= 11 is 6.09. The second-order valence-electron chi connectivity index (χ2n) is 8.57. The third-order valence-corrected chi connectivity index (χ3v) is 6.37. The van der Waals surface area contributed by atoms with Crippen LogP contribution in [-0.4, -0.2) is 29.4 Å². The molecule has 4 aromatic rings. The number of pyridine rings is 1. The Morgan fingerprint density at radius 2 is 1.89 bits per heavy atom. The number of hydrogen-bond acceptors (Lipinski definition) is 7. The predicted molar refractivity (Wildman–Crippen MR) is 134 cm³/mol. The molecule has 1 aliphatic rings. The zero-order chi connectivity index (χ0) is 24.4. The number of rotatable bonds is 9. The Morgan fingerprint density at radius 3 is 2.74 bits per heavy atom. The van der Waals surface area contributed by atoms with Crippen LogP contribution in [0.25, 0.3) is 22.4 Å². The number of nitrogens with zero attached hydrogens (tertiary/aromatic N) is 6. The lowest BCUT2D eigenvalue weighted by Crippen LogP contribution is -2.41. The molecule has 180 valence electrons. The van der Waals surface area contributed by atoms with Crippen molar-refractivity contribution in [1.29, 1.82) is 0 Å². The topological polar surface area (TPSA) is 108 Å². The van der Waals surface area contributed by atoms with Gasteiger partial charge in [-0.1, -0.05) is 54.4 Å². The van der Waals surface area contributed by atoms with Gasteiger partial charge in [0.2, 0.25) is 0 Å². The summed E-state index contributed by atoms with van der Waals surface area (Å²) in [7, 11) is 0. The maximum Gasteiger partial charge on any atom is 0.332 e. The van der Waals surface area contributed by atoms with Gasteiger partial charge in [-0.2, -0.15) is 4.98 Å². The molecule has 0 saturated carbocycles. The first-order valence-corrected chi connectivity index (χ1v) is 12.2. The molecule has 0 aliphatic carbocycles. The largest absolute Gasteiger partial charge is 0.332 e. The van der Waals surface area contributed by atoms with Gasteiger partial charge in [0.05, 0.1) is 5.56 Å². The van der Waals surface area contributed by atoms with Crippen LogP contribution in [0.1, 0.15) is 44.0 Å². The van der Waals surface area contributed by atoms with Gasteiger partial charge in [-0.3, -0.25) is 18.9 Å². The van der Waals surface area contributed by atoms with Gasteiger partial charge in [0.15, 0.2) is 5.82 Å². The monoisotopic (exact) mass is 492 g/mol. The van der Waals surface area contributed by atoms with Crippen LogP contribution >= 0.6 is 11.6 Å². The number of hydrogen-bond donors (Lipinski definition) is 0. The average molecular weight is 493 g/mol. The highest BCUT2D eigenvalue weighted by Crippen LogP contribution is 2.26. The van der Waals surface area contributed by atoms with Crippen LogP contribution in [0.3, 0.4) is 0 Å². The minimum absolute atomic E-state index is 0.274. The summed E-state index contributed by atoms with van der Waals surface area (Å²) in [6.07, 6.45) is 5.62. The molecule has 5 rings (SSSR count). The van der Waals surface area contributed by atoms with E-state index in [0.29, 0.717) is 66.3 Å². The SMILES string of the molecule is CCCCn1c2c(c(=O)n(CCCCc3noc(-c4nccc5ccccc45)n3)c1=O)CC(Cl)=N2. The van der Waals surface area contributed by atoms with Gasteiger partial charge >= 0.3 is 5.69 Å². The van der Waals surface area contributed by atoms with Crippen molar-refractivity contribution in [3.8, 4) is 11.6 Å². The minimum atomic E-state index is -0.332. The number of benzene rings is 1. The van der Waals surface area contributed by atoms with E-state index < -0.39 is 0 Å². The smallest absolute Gasteiger partial charge is 0.332 e. The Labute approximate surface area is 206 Å². The fraction of sp³-hybridized carbons (Fsp3) is 0.360. The first-order chi connectivity index (χ1) is 17.1. The highest BCUT2D eigenvalue weighted by atomic mass is 35.5. The molecule has 10 heteroatoms. The molecular weight excluding hydrogens is 468 g/mol. The number of aromatic nitrogens is 5. The highest BCUT2D eigenvalue weighted by molar-refractivity contribution is 6.66. The second kappa shape index (κ2) is 9.95. The van der Waals surface area contributed by atoms with E-state index in [4.69, 9.17) is 16.1 Å². The number of halogens is 1. The van der Waals surface area contributed by atoms with Gasteiger partial charge in [-0.25, -0.2) is 9.79 Å². The Morgan fingerprint density at radius 1 is 1.06 bits per heavy atom. The standard InChI is InChI=1S/C25H25ClN6O3/c1-2-3-13-31-22-18(15-19(26)28-22)24(33)32(25(31)34)14-7-6-10-20-29-23(35-30-20)21-17-9-5-4-8-16(17)11-12-27-21/h4-5,8-9,11-12H,2-3,6-7,10,13-15H2,1H3. The van der Waals surface area contributed by atoms with Crippen molar-refractivity contribution in [3.05, 3.63) is 68.8 Å². The lowest BCUT2D eigenvalue weighted by atomic mass is 10.1. The van der Waals surface area contributed by atoms with Crippen LogP contribution in [0, 0.1) is 0 Å². The molecule has 0 unspecified atom stereocenters. The van der Waals surface area contributed by atoms with E-state index in [2.05, 4.69) is 27.0 Å². The summed E-state index contributed by atoms with van der Waals surface area (Å²) < 4.78 is 8.36. The van der Waals surface area contributed by atoms with Crippen molar-refractivity contribution in [2.45, 2.75) is 58.5 Å². The first-order valence-electron chi connectivity index (χ1n) is 11.8. The Balaban J connectivity index is 1.28. The van der Waals surface area contributed by atoms with Crippen LogP contribution in [0.15, 0.2) is 55.6 Å². The quantitative estimate of drug-likeness (QED) is 0.323. The zero-order valence-electron chi connectivity index (χ0n) is 19.4. The van der Waals surface area contributed by atoms with E-state index in [1.165, 1.54) is 4.57 Å². The summed E-state index contributed by atoms with van der Waals surface area (Å²) in [5.41, 5.74) is 0.512. The fourth-order valence-corrected chi connectivity index (χ4v) is 4.55. The molecule has 0 bridgehead atoms.